The van der Waals surface area contributed by atoms with Gasteiger partial charge in [-0.2, -0.15) is 0 Å². The molecule has 1 aliphatic heterocycles. The molecule has 0 spiro atoms. The van der Waals surface area contributed by atoms with Gasteiger partial charge in [-0.15, -0.1) is 0 Å². The number of benzene rings is 1. The topological polar surface area (TPSA) is 87.3 Å². The Hall–Kier alpha value is -1.44. The van der Waals surface area contributed by atoms with E-state index in [2.05, 4.69) is 15.4 Å². The minimum Gasteiger partial charge on any atom is -0.348 e. The number of sulfonamides is 1. The Balaban J connectivity index is 2.10. The molecule has 0 saturated carbocycles. The number of hydrogen-bond donors (Lipinski definition) is 3. The quantitative estimate of drug-likeness (QED) is 0.740. The van der Waals surface area contributed by atoms with Crippen LogP contribution in [-0.2, 0) is 14.8 Å². The van der Waals surface area contributed by atoms with Crippen molar-refractivity contribution in [3.8, 4) is 0 Å². The first-order chi connectivity index (χ1) is 9.94. The van der Waals surface area contributed by atoms with E-state index >= 15 is 0 Å². The van der Waals surface area contributed by atoms with Crippen molar-refractivity contribution in [2.24, 2.45) is 0 Å². The first-order valence-electron chi connectivity index (χ1n) is 7.01. The second-order valence-corrected chi connectivity index (χ2v) is 7.05. The summed E-state index contributed by atoms with van der Waals surface area (Å²) in [6, 6.07) is 6.21. The lowest BCUT2D eigenvalue weighted by molar-refractivity contribution is -0.123. The number of hydrogen-bond acceptors (Lipinski definition) is 4. The summed E-state index contributed by atoms with van der Waals surface area (Å²) in [5.74, 6) is -0.0399. The fourth-order valence-corrected chi connectivity index (χ4v) is 3.16. The van der Waals surface area contributed by atoms with Crippen LogP contribution in [0, 0.1) is 0 Å². The lowest BCUT2D eigenvalue weighted by Crippen LogP contribution is -2.41. The number of amides is 1. The fourth-order valence-electron chi connectivity index (χ4n) is 2.37. The highest BCUT2D eigenvalue weighted by Crippen LogP contribution is 2.18. The van der Waals surface area contributed by atoms with Crippen molar-refractivity contribution in [2.45, 2.75) is 36.7 Å². The minimum atomic E-state index is -3.47. The Morgan fingerprint density at radius 3 is 2.81 bits per heavy atom. The second kappa shape index (κ2) is 6.55. The molecule has 1 aromatic rings. The Morgan fingerprint density at radius 1 is 1.43 bits per heavy atom. The zero-order chi connectivity index (χ0) is 15.5. The van der Waals surface area contributed by atoms with Crippen molar-refractivity contribution in [3.63, 3.8) is 0 Å². The van der Waals surface area contributed by atoms with E-state index in [0.29, 0.717) is 0 Å². The normalized spacial score (nSPS) is 20.2. The van der Waals surface area contributed by atoms with Gasteiger partial charge in [0.2, 0.25) is 15.9 Å². The summed E-state index contributed by atoms with van der Waals surface area (Å²) in [5, 5.41) is 6.06. The highest BCUT2D eigenvalue weighted by Gasteiger charge is 2.23. The molecule has 0 radical (unpaired) electrons. The van der Waals surface area contributed by atoms with Gasteiger partial charge in [-0.3, -0.25) is 4.79 Å². The number of rotatable bonds is 5. The molecule has 0 bridgehead atoms. The molecule has 1 heterocycles. The molecule has 1 aromatic carbocycles. The molecular formula is C14H21N3O3S. The molecule has 7 heteroatoms. The average Bonchev–Trinajstić information content (AvgIpc) is 3.01. The van der Waals surface area contributed by atoms with E-state index in [9.17, 15) is 13.2 Å². The molecule has 2 atom stereocenters. The standard InChI is InChI=1S/C14H21N3O3S/c1-10(17-14(18)13-7-4-8-16-13)11-5-3-6-12(9-11)21(19,20)15-2/h3,5-6,9-10,13,15-16H,4,7-8H2,1-2H3,(H,17,18). The lowest BCUT2D eigenvalue weighted by atomic mass is 10.1. The van der Waals surface area contributed by atoms with Crippen LogP contribution in [0.2, 0.25) is 0 Å². The second-order valence-electron chi connectivity index (χ2n) is 5.16. The van der Waals surface area contributed by atoms with Gasteiger partial charge in [-0.1, -0.05) is 12.1 Å². The third kappa shape index (κ3) is 3.81. The molecule has 21 heavy (non-hydrogen) atoms. The van der Waals surface area contributed by atoms with Crippen molar-refractivity contribution < 1.29 is 13.2 Å². The first kappa shape index (κ1) is 15.9. The lowest BCUT2D eigenvalue weighted by Gasteiger charge is -2.18. The summed E-state index contributed by atoms with van der Waals surface area (Å²) in [4.78, 5) is 12.3. The molecule has 6 nitrogen and oxygen atoms in total. The Labute approximate surface area is 125 Å². The van der Waals surface area contributed by atoms with Gasteiger partial charge in [0.05, 0.1) is 17.0 Å². The van der Waals surface area contributed by atoms with Crippen molar-refractivity contribution in [1.82, 2.24) is 15.4 Å². The van der Waals surface area contributed by atoms with Gasteiger partial charge in [-0.25, -0.2) is 13.1 Å². The van der Waals surface area contributed by atoms with E-state index in [1.807, 2.05) is 13.0 Å². The largest absolute Gasteiger partial charge is 0.348 e. The summed E-state index contributed by atoms with van der Waals surface area (Å²) in [6.45, 7) is 2.71. The van der Waals surface area contributed by atoms with Crippen molar-refractivity contribution in [3.05, 3.63) is 29.8 Å². The molecule has 1 aliphatic rings. The van der Waals surface area contributed by atoms with Crippen LogP contribution in [-0.4, -0.2) is 34.0 Å². The Morgan fingerprint density at radius 2 is 2.19 bits per heavy atom. The van der Waals surface area contributed by atoms with Gasteiger partial charge >= 0.3 is 0 Å². The third-order valence-corrected chi connectivity index (χ3v) is 5.08. The van der Waals surface area contributed by atoms with E-state index in [4.69, 9.17) is 0 Å². The maximum atomic E-state index is 12.1. The third-order valence-electron chi connectivity index (χ3n) is 3.67. The Kier molecular flexibility index (Phi) is 4.97. The Bertz CT molecular complexity index is 610. The van der Waals surface area contributed by atoms with E-state index < -0.39 is 10.0 Å². The molecule has 0 aromatic heterocycles. The van der Waals surface area contributed by atoms with Gasteiger partial charge in [0.15, 0.2) is 0 Å². The maximum absolute atomic E-state index is 12.1. The zero-order valence-corrected chi connectivity index (χ0v) is 13.0. The predicted molar refractivity (Wildman–Crippen MR) is 80.3 cm³/mol. The summed E-state index contributed by atoms with van der Waals surface area (Å²) < 4.78 is 25.9. The smallest absolute Gasteiger partial charge is 0.240 e. The SMILES string of the molecule is CNS(=O)(=O)c1cccc(C(C)NC(=O)C2CCCN2)c1. The van der Waals surface area contributed by atoms with E-state index in [0.717, 1.165) is 24.9 Å². The van der Waals surface area contributed by atoms with Gasteiger partial charge in [-0.05, 0) is 51.1 Å². The van der Waals surface area contributed by atoms with Gasteiger partial charge < -0.3 is 10.6 Å². The van der Waals surface area contributed by atoms with Gasteiger partial charge in [0.25, 0.3) is 0 Å². The van der Waals surface area contributed by atoms with E-state index in [1.54, 1.807) is 12.1 Å². The van der Waals surface area contributed by atoms with Crippen molar-refractivity contribution in [2.75, 3.05) is 13.6 Å². The fraction of sp³-hybridized carbons (Fsp3) is 0.500. The van der Waals surface area contributed by atoms with Gasteiger partial charge in [0.1, 0.15) is 0 Å². The zero-order valence-electron chi connectivity index (χ0n) is 12.2. The van der Waals surface area contributed by atoms with Crippen LogP contribution in [0.25, 0.3) is 0 Å². The van der Waals surface area contributed by atoms with Gasteiger partial charge in [0, 0.05) is 0 Å². The van der Waals surface area contributed by atoms with Crippen LogP contribution in [0.3, 0.4) is 0 Å². The van der Waals surface area contributed by atoms with Crippen LogP contribution < -0.4 is 15.4 Å². The highest BCUT2D eigenvalue weighted by molar-refractivity contribution is 7.89. The first-order valence-corrected chi connectivity index (χ1v) is 8.49. The molecule has 0 aliphatic carbocycles. The number of carbonyl (C=O) groups excluding carboxylic acids is 1. The molecule has 116 valence electrons. The monoisotopic (exact) mass is 311 g/mol. The van der Waals surface area contributed by atoms with E-state index in [1.165, 1.54) is 13.1 Å². The molecule has 2 rings (SSSR count). The summed E-state index contributed by atoms with van der Waals surface area (Å²) >= 11 is 0. The van der Waals surface area contributed by atoms with Crippen molar-refractivity contribution in [1.29, 1.82) is 0 Å². The molecular weight excluding hydrogens is 290 g/mol. The van der Waals surface area contributed by atoms with Crippen LogP contribution in [0.5, 0.6) is 0 Å². The predicted octanol–water partition coefficient (Wildman–Crippen LogP) is 0.524. The molecule has 3 N–H and O–H groups in total. The van der Waals surface area contributed by atoms with E-state index in [-0.39, 0.29) is 22.9 Å². The maximum Gasteiger partial charge on any atom is 0.240 e. The molecule has 1 fully saturated rings. The molecule has 2 unspecified atom stereocenters. The molecule has 1 saturated heterocycles. The van der Waals surface area contributed by atoms with Crippen LogP contribution in [0.4, 0.5) is 0 Å². The number of carbonyl (C=O) groups is 1. The summed E-state index contributed by atoms with van der Waals surface area (Å²) in [5.41, 5.74) is 0.762. The van der Waals surface area contributed by atoms with Crippen LogP contribution in [0.15, 0.2) is 29.2 Å². The summed E-state index contributed by atoms with van der Waals surface area (Å²) in [6.07, 6.45) is 1.84. The van der Waals surface area contributed by atoms with Crippen LogP contribution in [0.1, 0.15) is 31.4 Å². The van der Waals surface area contributed by atoms with Crippen LogP contribution >= 0.6 is 0 Å². The summed E-state index contributed by atoms with van der Waals surface area (Å²) in [7, 11) is -2.10. The minimum absolute atomic E-state index is 0.0399. The highest BCUT2D eigenvalue weighted by atomic mass is 32.2. The molecule has 1 amide bonds. The average molecular weight is 311 g/mol. The van der Waals surface area contributed by atoms with Crippen molar-refractivity contribution >= 4 is 15.9 Å². The number of nitrogens with one attached hydrogen (secondary N) is 3.